The third-order valence-corrected chi connectivity index (χ3v) is 11.9. The Balaban J connectivity index is 1.58. The van der Waals surface area contributed by atoms with Crippen LogP contribution in [-0.2, 0) is 28.4 Å². The van der Waals surface area contributed by atoms with Crippen LogP contribution in [0.15, 0.2) is 0 Å². The molecule has 0 amide bonds. The summed E-state index contributed by atoms with van der Waals surface area (Å²) in [7, 11) is 0. The lowest BCUT2D eigenvalue weighted by atomic mass is 9.67. The van der Waals surface area contributed by atoms with Crippen LogP contribution in [0.2, 0.25) is 0 Å². The molecule has 64 heavy (non-hydrogen) atoms. The average Bonchev–Trinajstić information content (AvgIpc) is 4.02. The summed E-state index contributed by atoms with van der Waals surface area (Å²) >= 11 is 0. The Labute approximate surface area is 344 Å². The number of halogens is 24. The lowest BCUT2D eigenvalue weighted by Crippen LogP contribution is -2.67. The first-order chi connectivity index (χ1) is 28.7. The fourth-order valence-electron chi connectivity index (χ4n) is 8.71. The second-order valence-corrected chi connectivity index (χ2v) is 15.8. The fourth-order valence-corrected chi connectivity index (χ4v) is 8.71. The van der Waals surface area contributed by atoms with E-state index in [0.717, 1.165) is 0 Å². The zero-order chi connectivity index (χ0) is 49.2. The molecular weight excluding hydrogens is 964 g/mol. The minimum Gasteiger partial charge on any atom is -0.388 e. The molecule has 0 aromatic carbocycles. The summed E-state index contributed by atoms with van der Waals surface area (Å²) in [5.74, 6) is -12.1. The number of hydrogen-bond donors (Lipinski definition) is 1. The van der Waals surface area contributed by atoms with Crippen LogP contribution in [0.5, 0.6) is 0 Å². The third-order valence-electron chi connectivity index (χ3n) is 11.9. The van der Waals surface area contributed by atoms with Crippen molar-refractivity contribution in [2.24, 2.45) is 23.7 Å². The van der Waals surface area contributed by atoms with E-state index in [1.807, 2.05) is 0 Å². The summed E-state index contributed by atoms with van der Waals surface area (Å²) in [6.45, 7) is -8.51. The first-order valence-electron chi connectivity index (χ1n) is 18.7. The van der Waals surface area contributed by atoms with E-state index in [9.17, 15) is 110 Å². The molecule has 2 atom stereocenters. The van der Waals surface area contributed by atoms with E-state index in [-0.39, 0.29) is 13.2 Å². The van der Waals surface area contributed by atoms with Gasteiger partial charge >= 0.3 is 49.4 Å². The van der Waals surface area contributed by atoms with Gasteiger partial charge in [0.2, 0.25) is 0 Å². The van der Waals surface area contributed by atoms with Gasteiger partial charge in [-0.3, -0.25) is 0 Å². The molecule has 2 unspecified atom stereocenters. The Morgan fingerprint density at radius 2 is 0.516 bits per heavy atom. The number of ether oxygens (including phenoxy) is 6. The van der Waals surface area contributed by atoms with E-state index in [2.05, 4.69) is 28.4 Å². The van der Waals surface area contributed by atoms with Crippen molar-refractivity contribution in [2.45, 2.75) is 141 Å². The van der Waals surface area contributed by atoms with Gasteiger partial charge in [0.05, 0.1) is 39.6 Å². The molecule has 31 heteroatoms. The maximum absolute atomic E-state index is 14.5. The molecule has 1 N–H and O–H groups in total. The van der Waals surface area contributed by atoms with Crippen molar-refractivity contribution in [3.05, 3.63) is 0 Å². The molecule has 0 spiro atoms. The quantitative estimate of drug-likeness (QED) is 0.122. The molecule has 4 aliphatic rings. The van der Waals surface area contributed by atoms with Gasteiger partial charge in [0, 0.05) is 23.7 Å². The van der Waals surface area contributed by atoms with Crippen molar-refractivity contribution >= 4 is 0 Å². The molecule has 0 aromatic heterocycles. The van der Waals surface area contributed by atoms with Crippen LogP contribution in [0.1, 0.15) is 51.4 Å². The maximum Gasteiger partial charge on any atom is 0.426 e. The van der Waals surface area contributed by atoms with E-state index >= 15 is 0 Å². The molecule has 7 nitrogen and oxygen atoms in total. The first-order valence-corrected chi connectivity index (χ1v) is 18.7. The van der Waals surface area contributed by atoms with Gasteiger partial charge in [0.15, 0.2) is 0 Å². The van der Waals surface area contributed by atoms with Crippen LogP contribution >= 0.6 is 0 Å². The van der Waals surface area contributed by atoms with Crippen molar-refractivity contribution in [1.82, 2.24) is 0 Å². The molecule has 2 saturated heterocycles. The Morgan fingerprint density at radius 1 is 0.344 bits per heavy atom. The van der Waals surface area contributed by atoms with Gasteiger partial charge in [0.25, 0.3) is 22.4 Å². The minimum atomic E-state index is -6.77. The van der Waals surface area contributed by atoms with E-state index in [1.165, 1.54) is 0 Å². The fraction of sp³-hybridized carbons (Fsp3) is 1.00. The Kier molecular flexibility index (Phi) is 15.2. The molecule has 378 valence electrons. The smallest absolute Gasteiger partial charge is 0.388 e. The summed E-state index contributed by atoms with van der Waals surface area (Å²) < 4.78 is 369. The van der Waals surface area contributed by atoms with Gasteiger partial charge in [-0.05, 0) is 51.4 Å². The summed E-state index contributed by atoms with van der Waals surface area (Å²) in [6.07, 6.45) is -72.6. The Hall–Kier alpha value is -1.96. The van der Waals surface area contributed by atoms with Crippen molar-refractivity contribution in [1.29, 1.82) is 0 Å². The third kappa shape index (κ3) is 10.1. The summed E-state index contributed by atoms with van der Waals surface area (Å²) in [5.41, 5.74) is -21.6. The van der Waals surface area contributed by atoms with E-state index < -0.39 is 192 Å². The van der Waals surface area contributed by atoms with Gasteiger partial charge in [-0.1, -0.05) is 0 Å². The highest BCUT2D eigenvalue weighted by Gasteiger charge is 2.81. The largest absolute Gasteiger partial charge is 0.426 e. The van der Waals surface area contributed by atoms with Gasteiger partial charge in [-0.2, -0.15) is 105 Å². The second kappa shape index (κ2) is 17.8. The number of aliphatic hydroxyl groups excluding tert-OH is 1. The standard InChI is InChI=1S/C33H36F24O7/c34-26(35,36)22(27(37,38)39,15-1-5-17(6-2-15)24(30(46,47)48,31(49,50)51)63-13-20-11-59-20)61-9-19(58)10-62-23(28(40,41)42,29(43,44)45)16-3-7-18(8-4-16)25(32(52,53)54,33(55,56)57)64-14-21-12-60-21/h15-21,58H,1-14H2. The number of epoxide rings is 2. The highest BCUT2D eigenvalue weighted by Crippen LogP contribution is 2.62. The van der Waals surface area contributed by atoms with Crippen LogP contribution in [-0.4, -0.2) is 135 Å². The normalized spacial score (nSPS) is 27.1. The SMILES string of the molecule is OC(COC(C1CCC(C(OCC2CO2)(C(F)(F)F)C(F)(F)F)CC1)(C(F)(F)F)C(F)(F)F)COC(C1CCC(C(OCC2CO2)(C(F)(F)F)C(F)(F)F)CC1)(C(F)(F)F)C(F)(F)F. The van der Waals surface area contributed by atoms with Crippen molar-refractivity contribution < 1.29 is 139 Å². The number of alkyl halides is 24. The van der Waals surface area contributed by atoms with Crippen molar-refractivity contribution in [3.8, 4) is 0 Å². The summed E-state index contributed by atoms with van der Waals surface area (Å²) in [4.78, 5) is 0. The summed E-state index contributed by atoms with van der Waals surface area (Å²) in [6, 6.07) is 0. The molecule has 2 aliphatic heterocycles. The number of hydrogen-bond acceptors (Lipinski definition) is 7. The predicted molar refractivity (Wildman–Crippen MR) is 160 cm³/mol. The van der Waals surface area contributed by atoms with E-state index in [4.69, 9.17) is 0 Å². The average molecular weight is 1000 g/mol. The van der Waals surface area contributed by atoms with Gasteiger partial charge < -0.3 is 33.5 Å². The van der Waals surface area contributed by atoms with Crippen molar-refractivity contribution in [2.75, 3.05) is 39.6 Å². The molecule has 0 radical (unpaired) electrons. The van der Waals surface area contributed by atoms with Crippen LogP contribution in [0, 0.1) is 23.7 Å². The molecule has 2 aliphatic carbocycles. The molecule has 0 aromatic rings. The van der Waals surface area contributed by atoms with E-state index in [0.29, 0.717) is 0 Å². The molecule has 4 rings (SSSR count). The zero-order valence-electron chi connectivity index (χ0n) is 31.9. The van der Waals surface area contributed by atoms with Gasteiger partial charge in [-0.25, -0.2) is 0 Å². The summed E-state index contributed by atoms with van der Waals surface area (Å²) in [5, 5.41) is 10.2. The molecular formula is C33H36F24O7. The van der Waals surface area contributed by atoms with Crippen LogP contribution in [0.25, 0.3) is 0 Å². The number of aliphatic hydroxyl groups is 1. The highest BCUT2D eigenvalue weighted by molar-refractivity contribution is 5.10. The predicted octanol–water partition coefficient (Wildman–Crippen LogP) is 10.3. The van der Waals surface area contributed by atoms with Crippen LogP contribution in [0.3, 0.4) is 0 Å². The lowest BCUT2D eigenvalue weighted by molar-refractivity contribution is -0.417. The van der Waals surface area contributed by atoms with Crippen molar-refractivity contribution in [3.63, 3.8) is 0 Å². The zero-order valence-corrected chi connectivity index (χ0v) is 31.9. The highest BCUT2D eigenvalue weighted by atomic mass is 19.4. The minimum absolute atomic E-state index is 0.356. The van der Waals surface area contributed by atoms with Gasteiger partial charge in [-0.15, -0.1) is 0 Å². The first kappa shape index (κ1) is 54.6. The second-order valence-electron chi connectivity index (χ2n) is 15.8. The van der Waals surface area contributed by atoms with Crippen LogP contribution in [0.4, 0.5) is 105 Å². The lowest BCUT2D eigenvalue weighted by Gasteiger charge is -2.49. The number of rotatable bonds is 16. The van der Waals surface area contributed by atoms with Gasteiger partial charge in [0.1, 0.15) is 18.3 Å². The Bertz CT molecular complexity index is 1350. The monoisotopic (exact) mass is 1000 g/mol. The topological polar surface area (TPSA) is 82.2 Å². The molecule has 2 heterocycles. The van der Waals surface area contributed by atoms with Crippen LogP contribution < -0.4 is 0 Å². The Morgan fingerprint density at radius 3 is 0.672 bits per heavy atom. The molecule has 2 saturated carbocycles. The molecule has 4 fully saturated rings. The van der Waals surface area contributed by atoms with E-state index in [1.54, 1.807) is 0 Å². The molecule has 0 bridgehead atoms. The maximum atomic E-state index is 14.5.